The van der Waals surface area contributed by atoms with Crippen LogP contribution in [0.2, 0.25) is 0 Å². The van der Waals surface area contributed by atoms with Crippen LogP contribution >= 0.6 is 0 Å². The molecule has 0 aromatic heterocycles. The summed E-state index contributed by atoms with van der Waals surface area (Å²) in [5.41, 5.74) is 0. The summed E-state index contributed by atoms with van der Waals surface area (Å²) in [5.74, 6) is 0.683. The monoisotopic (exact) mass is 250 g/mol. The Bertz CT molecular complexity index is 203. The van der Waals surface area contributed by atoms with Crippen LogP contribution in [0.5, 0.6) is 0 Å². The van der Waals surface area contributed by atoms with E-state index in [0.29, 0.717) is 18.6 Å². The van der Waals surface area contributed by atoms with Gasteiger partial charge in [0.25, 0.3) is 6.43 Å². The van der Waals surface area contributed by atoms with Gasteiger partial charge in [0.15, 0.2) is 0 Å². The Morgan fingerprint density at radius 1 is 1.41 bits per heavy atom. The number of hydrogen-bond donors (Lipinski definition) is 1. The van der Waals surface area contributed by atoms with Crippen LogP contribution in [-0.4, -0.2) is 56.8 Å². The summed E-state index contributed by atoms with van der Waals surface area (Å²) in [6, 6.07) is 0.527. The predicted molar refractivity (Wildman–Crippen MR) is 64.5 cm³/mol. The lowest BCUT2D eigenvalue weighted by Gasteiger charge is -2.34. The number of halogens is 2. The Morgan fingerprint density at radius 3 is 2.82 bits per heavy atom. The highest BCUT2D eigenvalue weighted by Crippen LogP contribution is 2.09. The van der Waals surface area contributed by atoms with Crippen molar-refractivity contribution in [2.75, 3.05) is 39.4 Å². The molecule has 0 saturated carbocycles. The van der Waals surface area contributed by atoms with Gasteiger partial charge in [0.2, 0.25) is 0 Å². The number of rotatable bonds is 7. The zero-order valence-corrected chi connectivity index (χ0v) is 10.8. The number of hydrogen-bond acceptors (Lipinski definition) is 3. The average molecular weight is 250 g/mol. The number of alkyl halides is 2. The normalized spacial score (nSPS) is 22.6. The van der Waals surface area contributed by atoms with E-state index in [9.17, 15) is 8.78 Å². The summed E-state index contributed by atoms with van der Waals surface area (Å²) in [6.45, 7) is 8.09. The van der Waals surface area contributed by atoms with Crippen molar-refractivity contribution < 1.29 is 13.5 Å². The average Bonchev–Trinajstić information content (AvgIpc) is 2.24. The van der Waals surface area contributed by atoms with Gasteiger partial charge in [0.05, 0.1) is 6.61 Å². The zero-order valence-electron chi connectivity index (χ0n) is 10.8. The van der Waals surface area contributed by atoms with E-state index in [2.05, 4.69) is 24.1 Å². The lowest BCUT2D eigenvalue weighted by molar-refractivity contribution is 0.00723. The molecule has 0 aromatic carbocycles. The van der Waals surface area contributed by atoms with Crippen LogP contribution < -0.4 is 5.32 Å². The minimum atomic E-state index is -2.35. The smallest absolute Gasteiger partial charge is 0.261 e. The molecule has 1 atom stereocenters. The van der Waals surface area contributed by atoms with Crippen LogP contribution in [0.4, 0.5) is 8.78 Å². The van der Waals surface area contributed by atoms with Crippen LogP contribution in [0.15, 0.2) is 0 Å². The fraction of sp³-hybridized carbons (Fsp3) is 1.00. The zero-order chi connectivity index (χ0) is 12.7. The summed E-state index contributed by atoms with van der Waals surface area (Å²) >= 11 is 0. The molecule has 1 saturated heterocycles. The first-order valence-electron chi connectivity index (χ1n) is 6.39. The van der Waals surface area contributed by atoms with Gasteiger partial charge in [-0.2, -0.15) is 0 Å². The van der Waals surface area contributed by atoms with Gasteiger partial charge in [0.1, 0.15) is 6.61 Å². The van der Waals surface area contributed by atoms with Gasteiger partial charge in [-0.3, -0.25) is 4.90 Å². The third-order valence-electron chi connectivity index (χ3n) is 2.89. The van der Waals surface area contributed by atoms with Crippen molar-refractivity contribution in [2.45, 2.75) is 32.7 Å². The highest BCUT2D eigenvalue weighted by Gasteiger charge is 2.19. The molecule has 0 bridgehead atoms. The first-order chi connectivity index (χ1) is 8.08. The van der Waals surface area contributed by atoms with Gasteiger partial charge in [-0.05, 0) is 12.3 Å². The third kappa shape index (κ3) is 6.91. The summed E-state index contributed by atoms with van der Waals surface area (Å²) in [5, 5.41) is 3.49. The van der Waals surface area contributed by atoms with Crippen LogP contribution in [0, 0.1) is 5.92 Å². The van der Waals surface area contributed by atoms with Crippen LogP contribution in [-0.2, 0) is 4.74 Å². The lowest BCUT2D eigenvalue weighted by Crippen LogP contribution is -2.51. The standard InChI is InChI=1S/C12H24F2N2O/c1-10(2)7-11-8-16(4-3-15-11)5-6-17-9-12(13)14/h10-12,15H,3-9H2,1-2H3. The molecular weight excluding hydrogens is 226 g/mol. The molecule has 1 N–H and O–H groups in total. The maximum atomic E-state index is 11.9. The number of ether oxygens (including phenoxy) is 1. The van der Waals surface area contributed by atoms with E-state index in [4.69, 9.17) is 4.74 Å². The molecule has 0 spiro atoms. The molecule has 17 heavy (non-hydrogen) atoms. The fourth-order valence-corrected chi connectivity index (χ4v) is 2.19. The van der Waals surface area contributed by atoms with Crippen LogP contribution in [0.25, 0.3) is 0 Å². The topological polar surface area (TPSA) is 24.5 Å². The summed E-state index contributed by atoms with van der Waals surface area (Å²) < 4.78 is 28.6. The molecule has 0 amide bonds. The molecule has 1 aliphatic heterocycles. The van der Waals surface area contributed by atoms with Gasteiger partial charge >= 0.3 is 0 Å². The first kappa shape index (κ1) is 14.8. The highest BCUT2D eigenvalue weighted by molar-refractivity contribution is 4.79. The third-order valence-corrected chi connectivity index (χ3v) is 2.89. The van der Waals surface area contributed by atoms with E-state index >= 15 is 0 Å². The van der Waals surface area contributed by atoms with Crippen molar-refractivity contribution in [2.24, 2.45) is 5.92 Å². The number of nitrogens with zero attached hydrogens (tertiary/aromatic N) is 1. The summed E-state index contributed by atoms with van der Waals surface area (Å²) in [6.07, 6.45) is -1.19. The minimum absolute atomic E-state index is 0.402. The minimum Gasteiger partial charge on any atom is -0.374 e. The quantitative estimate of drug-likeness (QED) is 0.694. The van der Waals surface area contributed by atoms with Crippen molar-refractivity contribution in [3.05, 3.63) is 0 Å². The maximum Gasteiger partial charge on any atom is 0.261 e. The van der Waals surface area contributed by atoms with Crippen molar-refractivity contribution in [3.63, 3.8) is 0 Å². The lowest BCUT2D eigenvalue weighted by atomic mass is 10.0. The van der Waals surface area contributed by atoms with Gasteiger partial charge in [-0.1, -0.05) is 13.8 Å². The largest absolute Gasteiger partial charge is 0.374 e. The second-order valence-electron chi connectivity index (χ2n) is 5.05. The molecule has 1 rings (SSSR count). The van der Waals surface area contributed by atoms with Crippen LogP contribution in [0.3, 0.4) is 0 Å². The molecule has 0 radical (unpaired) electrons. The van der Waals surface area contributed by atoms with Crippen molar-refractivity contribution >= 4 is 0 Å². The molecular formula is C12H24F2N2O. The van der Waals surface area contributed by atoms with Gasteiger partial charge < -0.3 is 10.1 Å². The van der Waals surface area contributed by atoms with E-state index < -0.39 is 13.0 Å². The Hall–Kier alpha value is -0.260. The fourth-order valence-electron chi connectivity index (χ4n) is 2.19. The van der Waals surface area contributed by atoms with Crippen molar-refractivity contribution in [1.29, 1.82) is 0 Å². The van der Waals surface area contributed by atoms with Crippen molar-refractivity contribution in [1.82, 2.24) is 10.2 Å². The molecule has 3 nitrogen and oxygen atoms in total. The number of piperazine rings is 1. The molecule has 102 valence electrons. The highest BCUT2D eigenvalue weighted by atomic mass is 19.3. The summed E-state index contributed by atoms with van der Waals surface area (Å²) in [4.78, 5) is 2.29. The van der Waals surface area contributed by atoms with E-state index in [0.717, 1.165) is 32.6 Å². The van der Waals surface area contributed by atoms with Gasteiger partial charge in [-0.15, -0.1) is 0 Å². The Morgan fingerprint density at radius 2 is 2.18 bits per heavy atom. The number of nitrogens with one attached hydrogen (secondary N) is 1. The van der Waals surface area contributed by atoms with E-state index in [-0.39, 0.29) is 0 Å². The second-order valence-corrected chi connectivity index (χ2v) is 5.05. The first-order valence-corrected chi connectivity index (χ1v) is 6.39. The Labute approximate surface area is 103 Å². The Kier molecular flexibility index (Phi) is 6.92. The van der Waals surface area contributed by atoms with Crippen LogP contribution in [0.1, 0.15) is 20.3 Å². The van der Waals surface area contributed by atoms with Gasteiger partial charge in [-0.25, -0.2) is 8.78 Å². The molecule has 1 heterocycles. The molecule has 1 unspecified atom stereocenters. The molecule has 5 heteroatoms. The maximum absolute atomic E-state index is 11.9. The van der Waals surface area contributed by atoms with Crippen molar-refractivity contribution in [3.8, 4) is 0 Å². The predicted octanol–water partition coefficient (Wildman–Crippen LogP) is 1.59. The SMILES string of the molecule is CC(C)CC1CN(CCOCC(F)F)CCN1. The molecule has 1 fully saturated rings. The van der Waals surface area contributed by atoms with Gasteiger partial charge in [0, 0.05) is 32.2 Å². The van der Waals surface area contributed by atoms with E-state index in [1.165, 1.54) is 0 Å². The van der Waals surface area contributed by atoms with E-state index in [1.54, 1.807) is 0 Å². The molecule has 1 aliphatic rings. The molecule has 0 aliphatic carbocycles. The Balaban J connectivity index is 2.12. The van der Waals surface area contributed by atoms with E-state index in [1.807, 2.05) is 0 Å². The second kappa shape index (κ2) is 7.95. The summed E-state index contributed by atoms with van der Waals surface area (Å²) in [7, 11) is 0. The molecule has 0 aromatic rings.